The minimum Gasteiger partial charge on any atom is -0.282 e. The van der Waals surface area contributed by atoms with Crippen molar-refractivity contribution in [2.75, 3.05) is 0 Å². The normalized spacial score (nSPS) is 10.4. The van der Waals surface area contributed by atoms with E-state index in [2.05, 4.69) is 6.58 Å². The fourth-order valence-corrected chi connectivity index (χ4v) is 1.39. The second-order valence-electron chi connectivity index (χ2n) is 2.78. The zero-order valence-electron chi connectivity index (χ0n) is 8.19. The van der Waals surface area contributed by atoms with Gasteiger partial charge in [-0.25, -0.2) is 0 Å². The van der Waals surface area contributed by atoms with E-state index >= 15 is 0 Å². The average molecular weight is 221 g/mol. The van der Waals surface area contributed by atoms with E-state index in [0.29, 0.717) is 0 Å². The van der Waals surface area contributed by atoms with E-state index in [0.717, 1.165) is 11.1 Å². The van der Waals surface area contributed by atoms with Gasteiger partial charge in [0.15, 0.2) is 0 Å². The van der Waals surface area contributed by atoms with Crippen molar-refractivity contribution in [1.82, 2.24) is 0 Å². The Morgan fingerprint density at radius 2 is 1.71 bits per heavy atom. The molecule has 0 spiro atoms. The Labute approximate surface area is 106 Å². The van der Waals surface area contributed by atoms with Crippen molar-refractivity contribution in [1.29, 1.82) is 0 Å². The zero-order valence-corrected chi connectivity index (χ0v) is 11.0. The molecule has 1 rings (SSSR count). The van der Waals surface area contributed by atoms with Gasteiger partial charge in [0.05, 0.1) is 4.90 Å². The molecule has 3 nitrogen and oxygen atoms in total. The van der Waals surface area contributed by atoms with Crippen molar-refractivity contribution < 1.29 is 13.0 Å². The van der Waals surface area contributed by atoms with Crippen LogP contribution in [0.4, 0.5) is 0 Å². The van der Waals surface area contributed by atoms with Crippen LogP contribution in [-0.2, 0) is 10.1 Å². The van der Waals surface area contributed by atoms with Crippen molar-refractivity contribution in [2.24, 2.45) is 0 Å². The summed E-state index contributed by atoms with van der Waals surface area (Å²) in [5, 5.41) is 0. The molecular formula is C9H10NaO3S. The topological polar surface area (TPSA) is 54.4 Å². The molecular weight excluding hydrogens is 211 g/mol. The average Bonchev–Trinajstić information content (AvgIpc) is 2.03. The molecule has 0 heterocycles. The second kappa shape index (κ2) is 5.09. The number of allylic oxidation sites excluding steroid dienone is 1. The molecule has 0 aliphatic heterocycles. The van der Waals surface area contributed by atoms with Crippen LogP contribution in [0.15, 0.2) is 35.7 Å². The van der Waals surface area contributed by atoms with Crippen molar-refractivity contribution >= 4 is 45.2 Å². The zero-order chi connectivity index (χ0) is 10.1. The molecule has 1 N–H and O–H groups in total. The van der Waals surface area contributed by atoms with E-state index in [-0.39, 0.29) is 34.5 Å². The Kier molecular flexibility index (Phi) is 5.05. The predicted molar refractivity (Wildman–Crippen MR) is 56.7 cm³/mol. The van der Waals surface area contributed by atoms with Gasteiger partial charge in [-0.3, -0.25) is 4.55 Å². The maximum atomic E-state index is 10.6. The molecule has 0 bridgehead atoms. The monoisotopic (exact) mass is 221 g/mol. The van der Waals surface area contributed by atoms with Crippen LogP contribution in [0, 0.1) is 0 Å². The first-order chi connectivity index (χ1) is 5.91. The van der Waals surface area contributed by atoms with Gasteiger partial charge in [0.2, 0.25) is 0 Å². The number of benzene rings is 1. The van der Waals surface area contributed by atoms with Crippen LogP contribution in [-0.4, -0.2) is 42.5 Å². The molecule has 0 amide bonds. The summed E-state index contributed by atoms with van der Waals surface area (Å²) < 4.78 is 30.0. The third-order valence-corrected chi connectivity index (χ3v) is 2.51. The minimum absolute atomic E-state index is 0. The van der Waals surface area contributed by atoms with E-state index in [9.17, 15) is 8.42 Å². The van der Waals surface area contributed by atoms with Gasteiger partial charge in [-0.1, -0.05) is 24.3 Å². The Morgan fingerprint density at radius 1 is 1.29 bits per heavy atom. The molecule has 14 heavy (non-hydrogen) atoms. The van der Waals surface area contributed by atoms with Crippen LogP contribution < -0.4 is 0 Å². The van der Waals surface area contributed by atoms with Crippen LogP contribution in [0.2, 0.25) is 0 Å². The van der Waals surface area contributed by atoms with Gasteiger partial charge >= 0.3 is 0 Å². The third kappa shape index (κ3) is 3.55. The molecule has 1 radical (unpaired) electrons. The third-order valence-electron chi connectivity index (χ3n) is 1.64. The van der Waals surface area contributed by atoms with Gasteiger partial charge in [0, 0.05) is 29.6 Å². The van der Waals surface area contributed by atoms with Crippen molar-refractivity contribution in [3.63, 3.8) is 0 Å². The van der Waals surface area contributed by atoms with E-state index < -0.39 is 10.1 Å². The Bertz CT molecular complexity index is 420. The summed E-state index contributed by atoms with van der Waals surface area (Å²) in [5.41, 5.74) is 1.70. The quantitative estimate of drug-likeness (QED) is 0.609. The standard InChI is InChI=1S/C9H10O3S.Na/c1-7(2)8-3-5-9(6-4-8)13(10,11)12;/h3-6H,1H2,2H3,(H,10,11,12);. The molecule has 1 aromatic rings. The van der Waals surface area contributed by atoms with Gasteiger partial charge in [-0.05, 0) is 24.6 Å². The molecule has 0 saturated carbocycles. The molecule has 0 atom stereocenters. The Hall–Kier alpha value is -0.130. The molecule has 0 aliphatic rings. The van der Waals surface area contributed by atoms with Crippen LogP contribution in [0.25, 0.3) is 5.57 Å². The largest absolute Gasteiger partial charge is 0.294 e. The first kappa shape index (κ1) is 13.9. The first-order valence-corrected chi connectivity index (χ1v) is 5.09. The predicted octanol–water partition coefficient (Wildman–Crippen LogP) is 1.59. The smallest absolute Gasteiger partial charge is 0.282 e. The molecule has 0 aromatic heterocycles. The van der Waals surface area contributed by atoms with Crippen LogP contribution in [0.1, 0.15) is 12.5 Å². The number of rotatable bonds is 2. The Balaban J connectivity index is 0.00000169. The molecule has 0 unspecified atom stereocenters. The summed E-state index contributed by atoms with van der Waals surface area (Å²) in [7, 11) is -4.07. The summed E-state index contributed by atoms with van der Waals surface area (Å²) >= 11 is 0. The number of hydrogen-bond donors (Lipinski definition) is 1. The summed E-state index contributed by atoms with van der Waals surface area (Å²) in [6, 6.07) is 5.90. The van der Waals surface area contributed by atoms with Crippen molar-refractivity contribution in [3.8, 4) is 0 Å². The SMILES string of the molecule is C=C(C)c1ccc(S(=O)(=O)O)cc1.[Na]. The summed E-state index contributed by atoms with van der Waals surface area (Å²) in [5.74, 6) is 0. The van der Waals surface area contributed by atoms with Gasteiger partial charge < -0.3 is 0 Å². The van der Waals surface area contributed by atoms with Crippen molar-refractivity contribution in [3.05, 3.63) is 36.4 Å². The van der Waals surface area contributed by atoms with Crippen molar-refractivity contribution in [2.45, 2.75) is 11.8 Å². The van der Waals surface area contributed by atoms with E-state index in [1.54, 1.807) is 12.1 Å². The summed E-state index contributed by atoms with van der Waals surface area (Å²) in [4.78, 5) is -0.0995. The molecule has 0 fully saturated rings. The van der Waals surface area contributed by atoms with Crippen LogP contribution in [0.3, 0.4) is 0 Å². The molecule has 0 aliphatic carbocycles. The molecule has 71 valence electrons. The van der Waals surface area contributed by atoms with E-state index in [4.69, 9.17) is 4.55 Å². The van der Waals surface area contributed by atoms with E-state index in [1.807, 2.05) is 6.92 Å². The first-order valence-electron chi connectivity index (χ1n) is 3.64. The molecule has 1 aromatic carbocycles. The van der Waals surface area contributed by atoms with E-state index in [1.165, 1.54) is 12.1 Å². The van der Waals surface area contributed by atoms with Gasteiger partial charge in [0.25, 0.3) is 10.1 Å². The maximum Gasteiger partial charge on any atom is 0.294 e. The fourth-order valence-electron chi connectivity index (χ4n) is 0.911. The summed E-state index contributed by atoms with van der Waals surface area (Å²) in [6.45, 7) is 5.53. The molecule has 0 saturated heterocycles. The number of hydrogen-bond acceptors (Lipinski definition) is 2. The fraction of sp³-hybridized carbons (Fsp3) is 0.111. The van der Waals surface area contributed by atoms with Gasteiger partial charge in [-0.2, -0.15) is 8.42 Å². The summed E-state index contributed by atoms with van der Waals surface area (Å²) in [6.07, 6.45) is 0. The second-order valence-corrected chi connectivity index (χ2v) is 4.20. The van der Waals surface area contributed by atoms with Gasteiger partial charge in [-0.15, -0.1) is 0 Å². The molecule has 5 heteroatoms. The van der Waals surface area contributed by atoms with Crippen LogP contribution in [0.5, 0.6) is 0 Å². The van der Waals surface area contributed by atoms with Crippen LogP contribution >= 0.6 is 0 Å². The van der Waals surface area contributed by atoms with Gasteiger partial charge in [0.1, 0.15) is 0 Å². The Morgan fingerprint density at radius 3 is 2.00 bits per heavy atom. The maximum absolute atomic E-state index is 10.6. The minimum atomic E-state index is -4.07.